The van der Waals surface area contributed by atoms with Crippen LogP contribution in [0.3, 0.4) is 0 Å². The van der Waals surface area contributed by atoms with Gasteiger partial charge >= 0.3 is 5.97 Å². The van der Waals surface area contributed by atoms with Gasteiger partial charge in [-0.1, -0.05) is 6.92 Å². The number of carbonyl (C=O) groups is 1. The average molecular weight is 298 g/mol. The highest BCUT2D eigenvalue weighted by Gasteiger charge is 2.21. The van der Waals surface area contributed by atoms with Crippen molar-refractivity contribution in [3.63, 3.8) is 0 Å². The molecule has 0 aliphatic carbocycles. The summed E-state index contributed by atoms with van der Waals surface area (Å²) < 4.78 is 5.34. The number of aromatic nitrogens is 1. The predicted molar refractivity (Wildman–Crippen MR) is 78.0 cm³/mol. The summed E-state index contributed by atoms with van der Waals surface area (Å²) in [6.45, 7) is 4.78. The summed E-state index contributed by atoms with van der Waals surface area (Å²) in [5.41, 5.74) is 1.16. The van der Waals surface area contributed by atoms with Crippen LogP contribution >= 0.6 is 11.3 Å². The first-order chi connectivity index (χ1) is 9.67. The average Bonchev–Trinajstić information content (AvgIpc) is 2.86. The largest absolute Gasteiger partial charge is 0.480 e. The Morgan fingerprint density at radius 1 is 1.55 bits per heavy atom. The lowest BCUT2D eigenvalue weighted by molar-refractivity contribution is -0.145. The summed E-state index contributed by atoms with van der Waals surface area (Å²) in [5.74, 6) is -0.890. The van der Waals surface area contributed by atoms with Gasteiger partial charge in [-0.05, 0) is 25.7 Å². The van der Waals surface area contributed by atoms with Crippen molar-refractivity contribution < 1.29 is 14.6 Å². The Labute approximate surface area is 123 Å². The van der Waals surface area contributed by atoms with Crippen molar-refractivity contribution in [2.24, 2.45) is 0 Å². The normalized spacial score (nSPS) is 17.4. The number of thiazole rings is 1. The zero-order valence-electron chi connectivity index (χ0n) is 11.9. The number of hydrogen-bond donors (Lipinski definition) is 1. The molecule has 0 bridgehead atoms. The minimum atomic E-state index is -0.890. The highest BCUT2D eigenvalue weighted by atomic mass is 32.1. The van der Waals surface area contributed by atoms with Crippen molar-refractivity contribution in [3.05, 3.63) is 16.1 Å². The molecule has 0 atom stereocenters. The number of rotatable bonds is 7. The first-order valence-electron chi connectivity index (χ1n) is 7.16. The van der Waals surface area contributed by atoms with Crippen molar-refractivity contribution >= 4 is 17.3 Å². The first-order valence-corrected chi connectivity index (χ1v) is 8.04. The van der Waals surface area contributed by atoms with E-state index in [-0.39, 0.29) is 12.7 Å². The molecule has 1 fully saturated rings. The van der Waals surface area contributed by atoms with Crippen LogP contribution in [-0.2, 0) is 22.5 Å². The maximum Gasteiger partial charge on any atom is 0.329 e. The van der Waals surface area contributed by atoms with Gasteiger partial charge < -0.3 is 9.84 Å². The zero-order chi connectivity index (χ0) is 14.4. The number of hydrogen-bond acceptors (Lipinski definition) is 5. The molecule has 6 heteroatoms. The lowest BCUT2D eigenvalue weighted by Gasteiger charge is -2.31. The third kappa shape index (κ3) is 4.85. The van der Waals surface area contributed by atoms with Crippen LogP contribution < -0.4 is 0 Å². The van der Waals surface area contributed by atoms with Crippen LogP contribution in [-0.4, -0.2) is 46.8 Å². The molecule has 0 radical (unpaired) electrons. The summed E-state index contributed by atoms with van der Waals surface area (Å²) in [6.07, 6.45) is 4.10. The molecule has 1 N–H and O–H groups in total. The lowest BCUT2D eigenvalue weighted by Crippen LogP contribution is -2.37. The number of likely N-dealkylation sites (tertiary alicyclic amines) is 1. The van der Waals surface area contributed by atoms with Gasteiger partial charge in [-0.3, -0.25) is 4.90 Å². The number of aliphatic carboxylic acids is 1. The van der Waals surface area contributed by atoms with Gasteiger partial charge in [0.1, 0.15) is 6.61 Å². The summed E-state index contributed by atoms with van der Waals surface area (Å²) in [7, 11) is 0. The van der Waals surface area contributed by atoms with Crippen molar-refractivity contribution in [2.45, 2.75) is 45.3 Å². The maximum atomic E-state index is 10.5. The molecule has 0 spiro atoms. The van der Waals surface area contributed by atoms with Crippen molar-refractivity contribution in [2.75, 3.05) is 19.7 Å². The van der Waals surface area contributed by atoms with Crippen molar-refractivity contribution in [1.82, 2.24) is 9.88 Å². The molecule has 1 aromatic rings. The smallest absolute Gasteiger partial charge is 0.329 e. The van der Waals surface area contributed by atoms with Gasteiger partial charge in [0.25, 0.3) is 0 Å². The van der Waals surface area contributed by atoms with Crippen LogP contribution in [0.4, 0.5) is 0 Å². The monoisotopic (exact) mass is 298 g/mol. The van der Waals surface area contributed by atoms with Gasteiger partial charge in [0, 0.05) is 25.0 Å². The second-order valence-corrected chi connectivity index (χ2v) is 6.11. The van der Waals surface area contributed by atoms with Gasteiger partial charge in [0.15, 0.2) is 0 Å². The van der Waals surface area contributed by atoms with E-state index in [1.165, 1.54) is 5.01 Å². The van der Waals surface area contributed by atoms with Crippen LogP contribution in [0.1, 0.15) is 36.9 Å². The molecule has 1 aromatic heterocycles. The third-order valence-corrected chi connectivity index (χ3v) is 4.38. The van der Waals surface area contributed by atoms with Gasteiger partial charge in [0.05, 0.1) is 16.8 Å². The highest BCUT2D eigenvalue weighted by Crippen LogP contribution is 2.18. The fraction of sp³-hybridized carbons (Fsp3) is 0.714. The second kappa shape index (κ2) is 7.71. The Kier molecular flexibility index (Phi) is 5.94. The molecule has 2 heterocycles. The first kappa shape index (κ1) is 15.4. The van der Waals surface area contributed by atoms with Gasteiger partial charge in [-0.15, -0.1) is 11.3 Å². The Bertz CT molecular complexity index is 428. The van der Waals surface area contributed by atoms with E-state index in [9.17, 15) is 4.79 Å². The van der Waals surface area contributed by atoms with Crippen LogP contribution in [0, 0.1) is 0 Å². The molecule has 1 saturated heterocycles. The number of nitrogens with zero attached hydrogens (tertiary/aromatic N) is 2. The summed E-state index contributed by atoms with van der Waals surface area (Å²) in [4.78, 5) is 17.5. The van der Waals surface area contributed by atoms with Crippen LogP contribution in [0.2, 0.25) is 0 Å². The van der Waals surface area contributed by atoms with E-state index in [1.807, 2.05) is 0 Å². The lowest BCUT2D eigenvalue weighted by atomic mass is 10.1. The fourth-order valence-electron chi connectivity index (χ4n) is 2.40. The Morgan fingerprint density at radius 3 is 2.95 bits per heavy atom. The van der Waals surface area contributed by atoms with Crippen LogP contribution in [0.25, 0.3) is 0 Å². The third-order valence-electron chi connectivity index (χ3n) is 3.43. The second-order valence-electron chi connectivity index (χ2n) is 5.16. The molecule has 112 valence electrons. The SMILES string of the molecule is CCCc1nc(CN2CCC(OCC(=O)O)CC2)cs1. The van der Waals surface area contributed by atoms with E-state index < -0.39 is 5.97 Å². The molecule has 20 heavy (non-hydrogen) atoms. The van der Waals surface area contributed by atoms with Crippen LogP contribution in [0.5, 0.6) is 0 Å². The minimum Gasteiger partial charge on any atom is -0.480 e. The highest BCUT2D eigenvalue weighted by molar-refractivity contribution is 7.09. The number of piperidine rings is 1. The topological polar surface area (TPSA) is 62.7 Å². The standard InChI is InChI=1S/C14H22N2O3S/c1-2-3-13-15-11(10-20-13)8-16-6-4-12(5-7-16)19-9-14(17)18/h10,12H,2-9H2,1H3,(H,17,18). The summed E-state index contributed by atoms with van der Waals surface area (Å²) in [5, 5.41) is 12.0. The molecule has 0 unspecified atom stereocenters. The van der Waals surface area contributed by atoms with E-state index in [2.05, 4.69) is 22.2 Å². The molecule has 1 aliphatic heterocycles. The summed E-state index contributed by atoms with van der Waals surface area (Å²) >= 11 is 1.75. The van der Waals surface area contributed by atoms with Crippen molar-refractivity contribution in [3.8, 4) is 0 Å². The van der Waals surface area contributed by atoms with E-state index in [1.54, 1.807) is 11.3 Å². The molecule has 0 aromatic carbocycles. The van der Waals surface area contributed by atoms with Crippen molar-refractivity contribution in [1.29, 1.82) is 0 Å². The van der Waals surface area contributed by atoms with Gasteiger partial charge in [-0.2, -0.15) is 0 Å². The Balaban J connectivity index is 1.72. The van der Waals surface area contributed by atoms with E-state index >= 15 is 0 Å². The Morgan fingerprint density at radius 2 is 2.30 bits per heavy atom. The fourth-order valence-corrected chi connectivity index (χ4v) is 3.29. The van der Waals surface area contributed by atoms with Gasteiger partial charge in [-0.25, -0.2) is 9.78 Å². The molecular weight excluding hydrogens is 276 g/mol. The van der Waals surface area contributed by atoms with E-state index in [4.69, 9.17) is 9.84 Å². The number of aryl methyl sites for hydroxylation is 1. The number of carboxylic acids is 1. The predicted octanol–water partition coefficient (Wildman–Crippen LogP) is 2.16. The number of ether oxygens (including phenoxy) is 1. The molecule has 0 amide bonds. The summed E-state index contributed by atoms with van der Waals surface area (Å²) in [6, 6.07) is 0. The maximum absolute atomic E-state index is 10.5. The van der Waals surface area contributed by atoms with Gasteiger partial charge in [0.2, 0.25) is 0 Å². The Hall–Kier alpha value is -0.980. The van der Waals surface area contributed by atoms with E-state index in [0.717, 1.165) is 51.0 Å². The molecule has 0 saturated carbocycles. The zero-order valence-corrected chi connectivity index (χ0v) is 12.7. The van der Waals surface area contributed by atoms with Crippen LogP contribution in [0.15, 0.2) is 5.38 Å². The molecular formula is C14H22N2O3S. The molecule has 1 aliphatic rings. The quantitative estimate of drug-likeness (QED) is 0.836. The number of carboxylic acid groups (broad SMARTS) is 1. The van der Waals surface area contributed by atoms with E-state index in [0.29, 0.717) is 0 Å². The minimum absolute atomic E-state index is 0.0911. The molecule has 5 nitrogen and oxygen atoms in total. The molecule has 2 rings (SSSR count).